The fraction of sp³-hybridized carbons (Fsp3) is 0.281. The van der Waals surface area contributed by atoms with Crippen molar-refractivity contribution in [3.63, 3.8) is 0 Å². The molecule has 0 unspecified atom stereocenters. The maximum Gasteiger partial charge on any atom is 0.354 e. The van der Waals surface area contributed by atoms with Crippen molar-refractivity contribution < 1.29 is 33.3 Å². The van der Waals surface area contributed by atoms with Crippen LogP contribution in [0.1, 0.15) is 56.2 Å². The number of carbonyl (C=O) groups excluding carboxylic acids is 3. The van der Waals surface area contributed by atoms with E-state index in [4.69, 9.17) is 18.9 Å². The number of aromatic nitrogens is 3. The second-order valence-corrected chi connectivity index (χ2v) is 9.43. The number of ketones is 1. The summed E-state index contributed by atoms with van der Waals surface area (Å²) in [5.74, 6) is 0.354. The molecule has 2 aromatic carbocycles. The van der Waals surface area contributed by atoms with Crippen molar-refractivity contribution in [1.82, 2.24) is 14.5 Å². The Labute approximate surface area is 250 Å². The quantitative estimate of drug-likeness (QED) is 0.151. The Morgan fingerprint density at radius 2 is 1.26 bits per heavy atom. The van der Waals surface area contributed by atoms with Crippen LogP contribution in [0, 0.1) is 0 Å². The van der Waals surface area contributed by atoms with E-state index in [9.17, 15) is 14.4 Å². The molecule has 0 aliphatic rings. The summed E-state index contributed by atoms with van der Waals surface area (Å²) >= 11 is 0. The van der Waals surface area contributed by atoms with Crippen molar-refractivity contribution in [3.8, 4) is 11.5 Å². The Bertz CT molecular complexity index is 1480. The molecule has 0 aliphatic heterocycles. The van der Waals surface area contributed by atoms with Gasteiger partial charge in [0.25, 0.3) is 0 Å². The van der Waals surface area contributed by atoms with Crippen molar-refractivity contribution in [1.29, 1.82) is 0 Å². The third kappa shape index (κ3) is 7.97. The average molecular weight is 587 g/mol. The molecule has 224 valence electrons. The fourth-order valence-corrected chi connectivity index (χ4v) is 4.32. The van der Waals surface area contributed by atoms with Gasteiger partial charge in [-0.15, -0.1) is 0 Å². The van der Waals surface area contributed by atoms with Gasteiger partial charge in [-0.1, -0.05) is 24.3 Å². The Kier molecular flexibility index (Phi) is 10.5. The molecule has 0 radical (unpaired) electrons. The molecule has 0 fully saturated rings. The molecule has 11 nitrogen and oxygen atoms in total. The van der Waals surface area contributed by atoms with E-state index in [1.165, 1.54) is 29.2 Å². The molecule has 0 saturated carbocycles. The zero-order chi connectivity index (χ0) is 30.8. The zero-order valence-corrected chi connectivity index (χ0v) is 24.6. The van der Waals surface area contributed by atoms with E-state index < -0.39 is 11.9 Å². The summed E-state index contributed by atoms with van der Waals surface area (Å²) in [5, 5.41) is 0. The molecule has 0 N–H and O–H groups in total. The number of hydrogen-bond donors (Lipinski definition) is 0. The number of Topliss-reactive ketones (excluding diaryl/α,β-unsaturated/α-hetero) is 1. The number of anilines is 1. The van der Waals surface area contributed by atoms with Gasteiger partial charge in [-0.2, -0.15) is 0 Å². The monoisotopic (exact) mass is 586 g/mol. The number of benzene rings is 2. The van der Waals surface area contributed by atoms with Gasteiger partial charge in [0.15, 0.2) is 5.78 Å². The first-order chi connectivity index (χ1) is 20.8. The van der Waals surface area contributed by atoms with Gasteiger partial charge in [-0.05, 0) is 55.3 Å². The van der Waals surface area contributed by atoms with Crippen molar-refractivity contribution in [3.05, 3.63) is 101 Å². The van der Waals surface area contributed by atoms with Gasteiger partial charge in [0.2, 0.25) is 5.95 Å². The molecule has 4 aromatic rings. The summed E-state index contributed by atoms with van der Waals surface area (Å²) < 4.78 is 22.1. The lowest BCUT2D eigenvalue weighted by atomic mass is 10.1. The molecule has 0 aliphatic carbocycles. The Balaban J connectivity index is 1.56. The van der Waals surface area contributed by atoms with Gasteiger partial charge in [0.1, 0.15) is 17.2 Å². The molecule has 43 heavy (non-hydrogen) atoms. The first-order valence-corrected chi connectivity index (χ1v) is 13.8. The molecule has 0 bridgehead atoms. The van der Waals surface area contributed by atoms with Gasteiger partial charge >= 0.3 is 11.9 Å². The molecular weight excluding hydrogens is 552 g/mol. The SMILES string of the molecule is CCOC(=O)c1cc(C(=O)OCC)n(CC(=O)c2cnc(N(Cc3ccc(OC)cc3)Cc3ccc(OC)cc3)nc2)c1. The standard InChI is InChI=1S/C32H34N4O7/c1-5-42-30(38)24-15-28(31(39)43-6-2)35(20-24)21-29(37)25-16-33-32(34-17-25)36(18-22-7-11-26(40-3)12-8-22)19-23-9-13-27(41-4)14-10-23/h7-17,20H,5-6,18-19,21H2,1-4H3. The van der Waals surface area contributed by atoms with Gasteiger partial charge in [0, 0.05) is 31.7 Å². The molecule has 11 heteroatoms. The highest BCUT2D eigenvalue weighted by Crippen LogP contribution is 2.21. The second-order valence-electron chi connectivity index (χ2n) is 9.43. The normalized spacial score (nSPS) is 10.6. The lowest BCUT2D eigenvalue weighted by molar-refractivity contribution is 0.0512. The van der Waals surface area contributed by atoms with Crippen LogP contribution in [0.3, 0.4) is 0 Å². The van der Waals surface area contributed by atoms with Crippen LogP contribution in [0.2, 0.25) is 0 Å². The van der Waals surface area contributed by atoms with Gasteiger partial charge in [-0.3, -0.25) is 4.79 Å². The Hall–Kier alpha value is -5.19. The Morgan fingerprint density at radius 1 is 0.744 bits per heavy atom. The number of nitrogens with zero attached hydrogens (tertiary/aromatic N) is 4. The van der Waals surface area contributed by atoms with Crippen LogP contribution in [-0.2, 0) is 29.1 Å². The lowest BCUT2D eigenvalue weighted by Crippen LogP contribution is -2.24. The zero-order valence-electron chi connectivity index (χ0n) is 24.6. The van der Waals surface area contributed by atoms with E-state index in [2.05, 4.69) is 9.97 Å². The minimum atomic E-state index is -0.648. The summed E-state index contributed by atoms with van der Waals surface area (Å²) in [6, 6.07) is 16.8. The number of esters is 2. The molecule has 0 spiro atoms. The molecular formula is C32H34N4O7. The summed E-state index contributed by atoms with van der Waals surface area (Å²) in [6.45, 7) is 4.47. The van der Waals surface area contributed by atoms with E-state index in [1.807, 2.05) is 53.4 Å². The maximum absolute atomic E-state index is 13.2. The van der Waals surface area contributed by atoms with Crippen LogP contribution in [-0.4, -0.2) is 59.7 Å². The van der Waals surface area contributed by atoms with E-state index in [1.54, 1.807) is 28.1 Å². The van der Waals surface area contributed by atoms with Crippen LogP contribution in [0.15, 0.2) is 73.2 Å². The van der Waals surface area contributed by atoms with Crippen LogP contribution >= 0.6 is 0 Å². The minimum absolute atomic E-state index is 0.0703. The molecule has 4 rings (SSSR count). The van der Waals surface area contributed by atoms with E-state index in [-0.39, 0.29) is 42.4 Å². The van der Waals surface area contributed by atoms with Gasteiger partial charge in [0.05, 0.1) is 45.1 Å². The average Bonchev–Trinajstić information content (AvgIpc) is 3.46. The summed E-state index contributed by atoms with van der Waals surface area (Å²) in [7, 11) is 3.24. The van der Waals surface area contributed by atoms with Crippen LogP contribution < -0.4 is 14.4 Å². The molecule has 0 amide bonds. The smallest absolute Gasteiger partial charge is 0.354 e. The second kappa shape index (κ2) is 14.6. The van der Waals surface area contributed by atoms with Crippen LogP contribution in [0.4, 0.5) is 5.95 Å². The van der Waals surface area contributed by atoms with Gasteiger partial charge in [-0.25, -0.2) is 19.6 Å². The molecule has 0 atom stereocenters. The predicted molar refractivity (Wildman–Crippen MR) is 159 cm³/mol. The number of ether oxygens (including phenoxy) is 4. The Morgan fingerprint density at radius 3 is 1.74 bits per heavy atom. The highest BCUT2D eigenvalue weighted by atomic mass is 16.5. The highest BCUT2D eigenvalue weighted by Gasteiger charge is 2.22. The number of methoxy groups -OCH3 is 2. The molecule has 0 saturated heterocycles. The first kappa shape index (κ1) is 30.8. The number of carbonyl (C=O) groups is 3. The van der Waals surface area contributed by atoms with E-state index in [0.29, 0.717) is 19.0 Å². The van der Waals surface area contributed by atoms with Gasteiger partial charge < -0.3 is 28.4 Å². The topological polar surface area (TPSA) is 122 Å². The summed E-state index contributed by atoms with van der Waals surface area (Å²) in [6.07, 6.45) is 4.32. The van der Waals surface area contributed by atoms with E-state index in [0.717, 1.165) is 22.6 Å². The minimum Gasteiger partial charge on any atom is -0.497 e. The maximum atomic E-state index is 13.2. The number of rotatable bonds is 14. The largest absolute Gasteiger partial charge is 0.497 e. The highest BCUT2D eigenvalue weighted by molar-refractivity contribution is 5.98. The molecule has 2 aromatic heterocycles. The predicted octanol–water partition coefficient (Wildman–Crippen LogP) is 4.74. The summed E-state index contributed by atoms with van der Waals surface area (Å²) in [5.41, 5.74) is 2.51. The third-order valence-corrected chi connectivity index (χ3v) is 6.51. The number of hydrogen-bond acceptors (Lipinski definition) is 10. The van der Waals surface area contributed by atoms with Crippen LogP contribution in [0.5, 0.6) is 11.5 Å². The first-order valence-electron chi connectivity index (χ1n) is 13.8. The fourth-order valence-electron chi connectivity index (χ4n) is 4.32. The van der Waals surface area contributed by atoms with Crippen molar-refractivity contribution in [2.45, 2.75) is 33.5 Å². The van der Waals surface area contributed by atoms with Crippen molar-refractivity contribution >= 4 is 23.7 Å². The third-order valence-electron chi connectivity index (χ3n) is 6.51. The van der Waals surface area contributed by atoms with Crippen LogP contribution in [0.25, 0.3) is 0 Å². The van der Waals surface area contributed by atoms with E-state index >= 15 is 0 Å². The van der Waals surface area contributed by atoms with Crippen molar-refractivity contribution in [2.24, 2.45) is 0 Å². The molecule has 2 heterocycles. The summed E-state index contributed by atoms with van der Waals surface area (Å²) in [4.78, 5) is 49.0. The van der Waals surface area contributed by atoms with Crippen molar-refractivity contribution in [2.75, 3.05) is 32.3 Å². The lowest BCUT2D eigenvalue weighted by Gasteiger charge is -2.23.